The summed E-state index contributed by atoms with van der Waals surface area (Å²) in [5.41, 5.74) is 5.72. The maximum absolute atomic E-state index is 4.00. The lowest BCUT2D eigenvalue weighted by molar-refractivity contribution is 0.409. The molecule has 4 atom stereocenters. The van der Waals surface area contributed by atoms with Gasteiger partial charge in [-0.2, -0.15) is 0 Å². The van der Waals surface area contributed by atoms with Gasteiger partial charge in [0.05, 0.1) is 0 Å². The molecule has 1 aromatic carbocycles. The van der Waals surface area contributed by atoms with E-state index in [-0.39, 0.29) is 0 Å². The first kappa shape index (κ1) is 15.8. The van der Waals surface area contributed by atoms with Crippen molar-refractivity contribution in [3.05, 3.63) is 34.4 Å². The van der Waals surface area contributed by atoms with Gasteiger partial charge in [0.25, 0.3) is 0 Å². The maximum Gasteiger partial charge on any atom is -0.00205 e. The van der Waals surface area contributed by atoms with Gasteiger partial charge in [-0.1, -0.05) is 32.9 Å². The first-order valence-electron chi connectivity index (χ1n) is 7.95. The summed E-state index contributed by atoms with van der Waals surface area (Å²) in [5.74, 6) is 3.17. The van der Waals surface area contributed by atoms with Crippen molar-refractivity contribution in [1.29, 1.82) is 0 Å². The summed E-state index contributed by atoms with van der Waals surface area (Å²) in [6.45, 7) is 13.9. The van der Waals surface area contributed by atoms with Gasteiger partial charge < -0.3 is 0 Å². The Morgan fingerprint density at radius 3 is 2.15 bits per heavy atom. The van der Waals surface area contributed by atoms with E-state index in [1.54, 1.807) is 0 Å². The van der Waals surface area contributed by atoms with E-state index < -0.39 is 0 Å². The Bertz CT molecular complexity index is 515. The number of hydrogen-bond donors (Lipinski definition) is 0. The summed E-state index contributed by atoms with van der Waals surface area (Å²) in [5, 5.41) is 1.50. The average molecular weight is 288 g/mol. The molecule has 2 rings (SSSR count). The molecule has 0 N–H and O–H groups in total. The Kier molecular flexibility index (Phi) is 4.75. The van der Waals surface area contributed by atoms with Crippen LogP contribution >= 0.6 is 8.86 Å². The average Bonchev–Trinajstić information content (AvgIpc) is 2.60. The van der Waals surface area contributed by atoms with Crippen molar-refractivity contribution in [3.63, 3.8) is 0 Å². The van der Waals surface area contributed by atoms with E-state index in [1.807, 2.05) is 0 Å². The van der Waals surface area contributed by atoms with Crippen molar-refractivity contribution in [2.24, 2.45) is 23.7 Å². The molecule has 0 radical (unpaired) electrons. The quantitative estimate of drug-likeness (QED) is 0.653. The normalized spacial score (nSPS) is 29.7. The molecule has 0 saturated heterocycles. The van der Waals surface area contributed by atoms with Crippen LogP contribution in [0.2, 0.25) is 0 Å². The van der Waals surface area contributed by atoms with E-state index in [1.165, 1.54) is 34.0 Å². The molecule has 0 heterocycles. The zero-order valence-corrected chi connectivity index (χ0v) is 14.9. The molecule has 1 unspecified atom stereocenters. The predicted molar refractivity (Wildman–Crippen MR) is 93.3 cm³/mol. The van der Waals surface area contributed by atoms with Gasteiger partial charge in [0, 0.05) is 0 Å². The molecule has 20 heavy (non-hydrogen) atoms. The summed E-state index contributed by atoms with van der Waals surface area (Å²) in [7, 11) is 4.00. The number of rotatable bonds is 3. The minimum absolute atomic E-state index is 0.725. The fraction of sp³-hybridized carbons (Fsp3) is 0.632. The van der Waals surface area contributed by atoms with Crippen molar-refractivity contribution in [1.82, 2.24) is 0 Å². The van der Waals surface area contributed by atoms with Crippen LogP contribution in [-0.2, 0) is 6.42 Å². The molecule has 0 bridgehead atoms. The topological polar surface area (TPSA) is 0 Å². The van der Waals surface area contributed by atoms with Crippen molar-refractivity contribution in [2.75, 3.05) is 0 Å². The molecular weight excluding hydrogens is 259 g/mol. The number of hydrogen-bond acceptors (Lipinski definition) is 0. The van der Waals surface area contributed by atoms with Gasteiger partial charge in [-0.05, 0) is 84.8 Å². The van der Waals surface area contributed by atoms with Crippen LogP contribution in [0.25, 0.3) is 0 Å². The standard InChI is InChI=1S/C19H29P/c1-11-7-14(4)17(9-12(11)2)10-18(20)19-15(5)8-13(3)16(19)6/h7,9,13,15-16,19-20H,8,10H2,1-6H3/t13-,15+,16-,19?/m0/s1. The molecule has 110 valence electrons. The second-order valence-corrected chi connectivity index (χ2v) is 7.78. The molecule has 0 spiro atoms. The lowest BCUT2D eigenvalue weighted by Gasteiger charge is -2.24. The smallest absolute Gasteiger partial charge is 0.00205 e. The van der Waals surface area contributed by atoms with Crippen LogP contribution in [-0.4, -0.2) is 5.29 Å². The van der Waals surface area contributed by atoms with Gasteiger partial charge in [0.2, 0.25) is 0 Å². The van der Waals surface area contributed by atoms with Crippen LogP contribution in [0.3, 0.4) is 0 Å². The van der Waals surface area contributed by atoms with E-state index in [2.05, 4.69) is 62.5 Å². The van der Waals surface area contributed by atoms with Gasteiger partial charge in [0.15, 0.2) is 0 Å². The first-order valence-corrected chi connectivity index (χ1v) is 8.45. The third-order valence-corrected chi connectivity index (χ3v) is 6.07. The summed E-state index contributed by atoms with van der Waals surface area (Å²) < 4.78 is 0. The summed E-state index contributed by atoms with van der Waals surface area (Å²) in [4.78, 5) is 0. The van der Waals surface area contributed by atoms with Crippen molar-refractivity contribution in [2.45, 2.75) is 54.4 Å². The zero-order valence-electron chi connectivity index (χ0n) is 13.9. The van der Waals surface area contributed by atoms with E-state index >= 15 is 0 Å². The summed E-state index contributed by atoms with van der Waals surface area (Å²) in [6.07, 6.45) is 2.45. The van der Waals surface area contributed by atoms with Gasteiger partial charge in [0.1, 0.15) is 0 Å². The number of aryl methyl sites for hydroxylation is 3. The van der Waals surface area contributed by atoms with Crippen molar-refractivity contribution < 1.29 is 0 Å². The number of benzene rings is 1. The lowest BCUT2D eigenvalue weighted by atomic mass is 9.83. The minimum atomic E-state index is 0.725. The van der Waals surface area contributed by atoms with Crippen molar-refractivity contribution >= 4 is 14.2 Å². The fourth-order valence-electron chi connectivity index (χ4n) is 4.01. The molecule has 0 nitrogen and oxygen atoms in total. The Morgan fingerprint density at radius 1 is 1.00 bits per heavy atom. The molecule has 1 aliphatic rings. The van der Waals surface area contributed by atoms with E-state index in [0.717, 1.165) is 30.1 Å². The summed E-state index contributed by atoms with van der Waals surface area (Å²) in [6, 6.07) is 4.70. The van der Waals surface area contributed by atoms with Crippen LogP contribution in [0.4, 0.5) is 0 Å². The Balaban J connectivity index is 2.18. The summed E-state index contributed by atoms with van der Waals surface area (Å²) >= 11 is 0. The van der Waals surface area contributed by atoms with Crippen LogP contribution in [0.5, 0.6) is 0 Å². The highest BCUT2D eigenvalue weighted by molar-refractivity contribution is 7.21. The third-order valence-electron chi connectivity index (χ3n) is 5.56. The van der Waals surface area contributed by atoms with Crippen LogP contribution in [0, 0.1) is 44.4 Å². The molecule has 0 aromatic heterocycles. The molecule has 1 saturated carbocycles. The monoisotopic (exact) mass is 288 g/mol. The Labute approximate surface area is 127 Å². The van der Waals surface area contributed by atoms with Gasteiger partial charge in [-0.15, -0.1) is 8.86 Å². The largest absolute Gasteiger partial charge is 0.122 e. The molecule has 0 aliphatic heterocycles. The fourth-order valence-corrected chi connectivity index (χ4v) is 4.75. The Hall–Kier alpha value is -0.610. The second kappa shape index (κ2) is 6.02. The molecule has 1 fully saturated rings. The highest BCUT2D eigenvalue weighted by atomic mass is 31.0. The van der Waals surface area contributed by atoms with E-state index in [4.69, 9.17) is 0 Å². The molecule has 0 amide bonds. The second-order valence-electron chi connectivity index (χ2n) is 7.14. The highest BCUT2D eigenvalue weighted by Crippen LogP contribution is 2.42. The predicted octanol–water partition coefficient (Wildman–Crippen LogP) is 5.40. The molecule has 1 aliphatic carbocycles. The van der Waals surface area contributed by atoms with E-state index in [0.29, 0.717) is 0 Å². The van der Waals surface area contributed by atoms with Gasteiger partial charge >= 0.3 is 0 Å². The molecule has 1 heteroatoms. The van der Waals surface area contributed by atoms with E-state index in [9.17, 15) is 0 Å². The maximum atomic E-state index is 4.00. The van der Waals surface area contributed by atoms with Gasteiger partial charge in [-0.25, -0.2) is 0 Å². The zero-order chi connectivity index (χ0) is 15.0. The third kappa shape index (κ3) is 3.01. The lowest BCUT2D eigenvalue weighted by Crippen LogP contribution is -2.23. The van der Waals surface area contributed by atoms with Crippen LogP contribution in [0.15, 0.2) is 12.1 Å². The van der Waals surface area contributed by atoms with Gasteiger partial charge in [-0.3, -0.25) is 0 Å². The van der Waals surface area contributed by atoms with Crippen LogP contribution in [0.1, 0.15) is 49.4 Å². The minimum Gasteiger partial charge on any atom is -0.122 e. The van der Waals surface area contributed by atoms with Crippen molar-refractivity contribution in [3.8, 4) is 0 Å². The first-order chi connectivity index (χ1) is 9.31. The molecular formula is C19H29P. The Morgan fingerprint density at radius 2 is 1.60 bits per heavy atom. The highest BCUT2D eigenvalue weighted by Gasteiger charge is 2.37. The molecule has 1 aromatic rings. The van der Waals surface area contributed by atoms with Crippen LogP contribution < -0.4 is 0 Å². The SMILES string of the molecule is Cc1cc(C)c(CC(=P)C2[C@H](C)C[C@H](C)[C@@H]2C)cc1C.